The SMILES string of the molecule is CC1(C)CC(=O)C2=C(C1)N(c1ccc(Br)cn1)C(N)=C(C#N)C2c1ccc(Br)cc1. The molecule has 0 saturated heterocycles. The summed E-state index contributed by atoms with van der Waals surface area (Å²) in [5.74, 6) is 0.491. The van der Waals surface area contributed by atoms with Gasteiger partial charge in [-0.1, -0.05) is 41.9 Å². The topological polar surface area (TPSA) is 83.0 Å². The molecule has 2 N–H and O–H groups in total. The summed E-state index contributed by atoms with van der Waals surface area (Å²) in [4.78, 5) is 19.7. The van der Waals surface area contributed by atoms with E-state index in [9.17, 15) is 10.1 Å². The smallest absolute Gasteiger partial charge is 0.162 e. The first kappa shape index (κ1) is 20.8. The van der Waals surface area contributed by atoms with Crippen molar-refractivity contribution in [3.05, 3.63) is 79.8 Å². The highest BCUT2D eigenvalue weighted by atomic mass is 79.9. The molecule has 1 aliphatic carbocycles. The number of anilines is 1. The Bertz CT molecular complexity index is 1130. The number of nitrogens with two attached hydrogens (primary N) is 1. The fourth-order valence-corrected chi connectivity index (χ4v) is 4.76. The number of pyridine rings is 1. The number of nitrogens with zero attached hydrogens (tertiary/aromatic N) is 3. The maximum absolute atomic E-state index is 13.4. The van der Waals surface area contributed by atoms with E-state index in [1.807, 2.05) is 36.4 Å². The number of ketones is 1. The number of rotatable bonds is 2. The van der Waals surface area contributed by atoms with E-state index in [2.05, 4.69) is 56.8 Å². The molecule has 2 aliphatic rings. The molecule has 7 heteroatoms. The minimum atomic E-state index is -0.478. The van der Waals surface area contributed by atoms with Crippen LogP contribution in [0.2, 0.25) is 0 Å². The summed E-state index contributed by atoms with van der Waals surface area (Å²) >= 11 is 6.86. The molecule has 0 amide bonds. The molecule has 4 rings (SSSR count). The molecular weight excluding hydrogens is 508 g/mol. The van der Waals surface area contributed by atoms with Gasteiger partial charge >= 0.3 is 0 Å². The van der Waals surface area contributed by atoms with Gasteiger partial charge in [-0.15, -0.1) is 0 Å². The van der Waals surface area contributed by atoms with Crippen LogP contribution in [0.5, 0.6) is 0 Å². The minimum Gasteiger partial charge on any atom is -0.384 e. The lowest BCUT2D eigenvalue weighted by molar-refractivity contribution is -0.118. The van der Waals surface area contributed by atoms with Crippen LogP contribution in [0.1, 0.15) is 38.2 Å². The quantitative estimate of drug-likeness (QED) is 0.553. The van der Waals surface area contributed by atoms with Crippen LogP contribution >= 0.6 is 31.9 Å². The third-order valence-corrected chi connectivity index (χ3v) is 6.52. The minimum absolute atomic E-state index is 0.0523. The van der Waals surface area contributed by atoms with Gasteiger partial charge in [0.2, 0.25) is 0 Å². The molecule has 2 aromatic rings. The molecule has 1 atom stereocenters. The van der Waals surface area contributed by atoms with E-state index < -0.39 is 5.92 Å². The summed E-state index contributed by atoms with van der Waals surface area (Å²) in [6.07, 6.45) is 2.78. The number of carbonyl (C=O) groups is 1. The number of hydrogen-bond donors (Lipinski definition) is 1. The highest BCUT2D eigenvalue weighted by Gasteiger charge is 2.44. The second kappa shape index (κ2) is 7.68. The van der Waals surface area contributed by atoms with Gasteiger partial charge < -0.3 is 5.73 Å². The Morgan fingerprint density at radius 3 is 2.40 bits per heavy atom. The van der Waals surface area contributed by atoms with Gasteiger partial charge in [0.25, 0.3) is 0 Å². The van der Waals surface area contributed by atoms with Crippen molar-refractivity contribution < 1.29 is 4.79 Å². The van der Waals surface area contributed by atoms with Crippen molar-refractivity contribution in [1.82, 2.24) is 4.98 Å². The van der Waals surface area contributed by atoms with Gasteiger partial charge in [0.15, 0.2) is 5.78 Å². The van der Waals surface area contributed by atoms with Gasteiger partial charge in [0, 0.05) is 32.8 Å². The number of aromatic nitrogens is 1. The molecule has 5 nitrogen and oxygen atoms in total. The Hall–Kier alpha value is -2.43. The molecule has 0 bridgehead atoms. The maximum atomic E-state index is 13.4. The fraction of sp³-hybridized carbons (Fsp3) is 0.261. The highest BCUT2D eigenvalue weighted by molar-refractivity contribution is 9.10. The predicted molar refractivity (Wildman–Crippen MR) is 123 cm³/mol. The maximum Gasteiger partial charge on any atom is 0.162 e. The van der Waals surface area contributed by atoms with Gasteiger partial charge in [0.1, 0.15) is 11.6 Å². The zero-order chi connectivity index (χ0) is 21.6. The Kier molecular flexibility index (Phi) is 5.33. The molecule has 1 aromatic heterocycles. The van der Waals surface area contributed by atoms with E-state index in [-0.39, 0.29) is 11.2 Å². The number of allylic oxidation sites excluding steroid dienone is 3. The number of hydrogen-bond acceptors (Lipinski definition) is 5. The fourth-order valence-electron chi connectivity index (χ4n) is 4.26. The zero-order valence-electron chi connectivity index (χ0n) is 16.6. The second-order valence-electron chi connectivity index (χ2n) is 8.37. The summed E-state index contributed by atoms with van der Waals surface area (Å²) in [7, 11) is 0. The molecule has 1 aliphatic heterocycles. The monoisotopic (exact) mass is 526 g/mol. The predicted octanol–water partition coefficient (Wildman–Crippen LogP) is 5.55. The van der Waals surface area contributed by atoms with E-state index >= 15 is 0 Å². The summed E-state index contributed by atoms with van der Waals surface area (Å²) in [6.45, 7) is 4.16. The normalized spacial score (nSPS) is 20.8. The largest absolute Gasteiger partial charge is 0.384 e. The summed E-state index contributed by atoms with van der Waals surface area (Å²) in [5.41, 5.74) is 9.09. The third-order valence-electron chi connectivity index (χ3n) is 5.53. The van der Waals surface area contributed by atoms with Crippen molar-refractivity contribution in [2.24, 2.45) is 11.1 Å². The van der Waals surface area contributed by atoms with E-state index in [1.165, 1.54) is 0 Å². The molecule has 0 spiro atoms. The average Bonchev–Trinajstić information content (AvgIpc) is 2.68. The Balaban J connectivity index is 1.98. The number of carbonyl (C=O) groups excluding carboxylic acids is 1. The van der Waals surface area contributed by atoms with Crippen molar-refractivity contribution in [1.29, 1.82) is 5.26 Å². The number of benzene rings is 1. The second-order valence-corrected chi connectivity index (χ2v) is 10.2. The lowest BCUT2D eigenvalue weighted by Crippen LogP contribution is -2.42. The number of nitriles is 1. The van der Waals surface area contributed by atoms with Gasteiger partial charge in [-0.2, -0.15) is 5.26 Å². The van der Waals surface area contributed by atoms with Gasteiger partial charge in [-0.25, -0.2) is 4.98 Å². The van der Waals surface area contributed by atoms with Gasteiger partial charge in [0.05, 0.1) is 17.6 Å². The van der Waals surface area contributed by atoms with Gasteiger partial charge in [-0.3, -0.25) is 9.69 Å². The third kappa shape index (κ3) is 3.59. The van der Waals surface area contributed by atoms with Crippen LogP contribution in [0.25, 0.3) is 0 Å². The first-order chi connectivity index (χ1) is 14.2. The first-order valence-corrected chi connectivity index (χ1v) is 11.1. The Morgan fingerprint density at radius 2 is 1.80 bits per heavy atom. The van der Waals surface area contributed by atoms with E-state index in [4.69, 9.17) is 5.73 Å². The Labute approximate surface area is 192 Å². The lowest BCUT2D eigenvalue weighted by Gasteiger charge is -2.43. The van der Waals surface area contributed by atoms with E-state index in [1.54, 1.807) is 11.1 Å². The van der Waals surface area contributed by atoms with Crippen molar-refractivity contribution in [3.8, 4) is 6.07 Å². The number of Topliss-reactive ketones (excluding diaryl/α,β-unsaturated/α-hetero) is 1. The van der Waals surface area contributed by atoms with Crippen LogP contribution in [0, 0.1) is 16.7 Å². The summed E-state index contributed by atoms with van der Waals surface area (Å²) in [5, 5.41) is 10.1. The van der Waals surface area contributed by atoms with Gasteiger partial charge in [-0.05, 0) is 57.6 Å². The van der Waals surface area contributed by atoms with Crippen molar-refractivity contribution in [3.63, 3.8) is 0 Å². The summed E-state index contributed by atoms with van der Waals surface area (Å²) < 4.78 is 1.77. The summed E-state index contributed by atoms with van der Waals surface area (Å²) in [6, 6.07) is 13.7. The number of halogens is 2. The van der Waals surface area contributed by atoms with Crippen LogP contribution in [0.4, 0.5) is 5.82 Å². The van der Waals surface area contributed by atoms with Crippen LogP contribution in [-0.2, 0) is 4.79 Å². The molecule has 0 saturated carbocycles. The highest BCUT2D eigenvalue weighted by Crippen LogP contribution is 2.49. The molecule has 152 valence electrons. The molecule has 0 fully saturated rings. The molecule has 0 radical (unpaired) electrons. The zero-order valence-corrected chi connectivity index (χ0v) is 19.8. The van der Waals surface area contributed by atoms with Crippen molar-refractivity contribution in [2.75, 3.05) is 4.90 Å². The van der Waals surface area contributed by atoms with Crippen LogP contribution in [0.3, 0.4) is 0 Å². The molecule has 2 heterocycles. The van der Waals surface area contributed by atoms with E-state index in [0.717, 1.165) is 20.2 Å². The molecular formula is C23H20Br2N4O. The van der Waals surface area contributed by atoms with Crippen molar-refractivity contribution >= 4 is 43.5 Å². The molecule has 1 aromatic carbocycles. The van der Waals surface area contributed by atoms with Crippen LogP contribution in [0.15, 0.2) is 74.2 Å². The van der Waals surface area contributed by atoms with Crippen molar-refractivity contribution in [2.45, 2.75) is 32.6 Å². The standard InChI is InChI=1S/C23H20Br2N4O/c1-23(2)9-17-21(18(30)10-23)20(13-3-5-14(24)6-4-13)16(11-26)22(27)29(17)19-8-7-15(25)12-28-19/h3-8,12,20H,9-10,27H2,1-2H3. The lowest BCUT2D eigenvalue weighted by atomic mass is 9.68. The average molecular weight is 528 g/mol. The van der Waals surface area contributed by atoms with E-state index in [0.29, 0.717) is 35.6 Å². The molecule has 30 heavy (non-hydrogen) atoms. The van der Waals surface area contributed by atoms with Crippen LogP contribution < -0.4 is 10.6 Å². The first-order valence-electron chi connectivity index (χ1n) is 9.55. The molecule has 1 unspecified atom stereocenters. The van der Waals surface area contributed by atoms with Crippen LogP contribution in [-0.4, -0.2) is 10.8 Å². The Morgan fingerprint density at radius 1 is 1.13 bits per heavy atom.